The van der Waals surface area contributed by atoms with Crippen molar-refractivity contribution in [3.05, 3.63) is 46.3 Å². The Hall–Kier alpha value is -1.46. The lowest BCUT2D eigenvalue weighted by molar-refractivity contribution is 0.608. The van der Waals surface area contributed by atoms with E-state index in [4.69, 9.17) is 17.3 Å². The first-order valence-corrected chi connectivity index (χ1v) is 6.01. The number of nitrogens with zero attached hydrogens (tertiary/aromatic N) is 3. The third-order valence-corrected chi connectivity index (χ3v) is 3.02. The van der Waals surface area contributed by atoms with Gasteiger partial charge in [-0.2, -0.15) is 5.10 Å². The van der Waals surface area contributed by atoms with Gasteiger partial charge in [-0.25, -0.2) is 9.37 Å². The minimum Gasteiger partial charge on any atom is -0.330 e. The second kappa shape index (κ2) is 5.46. The summed E-state index contributed by atoms with van der Waals surface area (Å²) >= 11 is 5.98. The number of benzene rings is 1. The average Bonchev–Trinajstić information content (AvgIpc) is 2.65. The average molecular weight is 269 g/mol. The molecule has 0 aliphatic rings. The molecule has 1 aromatic heterocycles. The van der Waals surface area contributed by atoms with E-state index >= 15 is 0 Å². The second-order valence-corrected chi connectivity index (χ2v) is 4.39. The molecule has 2 aromatic rings. The molecule has 0 atom stereocenters. The zero-order valence-electron chi connectivity index (χ0n) is 10.0. The molecule has 2 N–H and O–H groups in total. The van der Waals surface area contributed by atoms with Crippen LogP contribution in [-0.2, 0) is 19.9 Å². The van der Waals surface area contributed by atoms with E-state index in [1.165, 1.54) is 6.07 Å². The van der Waals surface area contributed by atoms with Gasteiger partial charge in [0.05, 0.1) is 0 Å². The molecule has 0 fully saturated rings. The van der Waals surface area contributed by atoms with Crippen molar-refractivity contribution < 1.29 is 4.39 Å². The molecule has 0 amide bonds. The van der Waals surface area contributed by atoms with E-state index in [1.807, 2.05) is 0 Å². The third-order valence-electron chi connectivity index (χ3n) is 2.66. The molecule has 96 valence electrons. The number of nitrogens with two attached hydrogens (primary N) is 1. The standard InChI is InChI=1S/C12H14ClFN4/c1-18-12(16-11(17-18)5-6-15)7-8-9(13)3-2-4-10(8)14/h2-4H,5-7,15H2,1H3. The number of rotatable bonds is 4. The van der Waals surface area contributed by atoms with E-state index < -0.39 is 0 Å². The highest BCUT2D eigenvalue weighted by molar-refractivity contribution is 6.31. The number of halogens is 2. The molecule has 0 bridgehead atoms. The molecule has 1 heterocycles. The third kappa shape index (κ3) is 2.68. The van der Waals surface area contributed by atoms with Crippen LogP contribution in [0.1, 0.15) is 17.2 Å². The summed E-state index contributed by atoms with van der Waals surface area (Å²) in [5.74, 6) is 1.01. The van der Waals surface area contributed by atoms with E-state index in [9.17, 15) is 4.39 Å². The van der Waals surface area contributed by atoms with Gasteiger partial charge in [0.1, 0.15) is 11.6 Å². The lowest BCUT2D eigenvalue weighted by Gasteiger charge is -2.04. The van der Waals surface area contributed by atoms with Crippen molar-refractivity contribution in [2.75, 3.05) is 6.54 Å². The second-order valence-electron chi connectivity index (χ2n) is 3.98. The lowest BCUT2D eigenvalue weighted by atomic mass is 10.1. The summed E-state index contributed by atoms with van der Waals surface area (Å²) in [7, 11) is 1.77. The van der Waals surface area contributed by atoms with Crippen molar-refractivity contribution in [2.24, 2.45) is 12.8 Å². The molecule has 0 unspecified atom stereocenters. The summed E-state index contributed by atoms with van der Waals surface area (Å²) in [4.78, 5) is 4.32. The van der Waals surface area contributed by atoms with E-state index in [-0.39, 0.29) is 5.82 Å². The molecule has 0 radical (unpaired) electrons. The minimum absolute atomic E-state index is 0.319. The van der Waals surface area contributed by atoms with Gasteiger partial charge in [-0.3, -0.25) is 4.68 Å². The Morgan fingerprint density at radius 2 is 2.22 bits per heavy atom. The maximum atomic E-state index is 13.7. The topological polar surface area (TPSA) is 56.7 Å². The van der Waals surface area contributed by atoms with Crippen LogP contribution in [0.2, 0.25) is 5.02 Å². The Kier molecular flexibility index (Phi) is 3.93. The van der Waals surface area contributed by atoms with Gasteiger partial charge in [0.25, 0.3) is 0 Å². The van der Waals surface area contributed by atoms with Crippen LogP contribution in [0.25, 0.3) is 0 Å². The molecule has 4 nitrogen and oxygen atoms in total. The molecule has 2 rings (SSSR count). The molecule has 0 spiro atoms. The van der Waals surface area contributed by atoms with Crippen LogP contribution in [0.3, 0.4) is 0 Å². The Morgan fingerprint density at radius 1 is 1.44 bits per heavy atom. The van der Waals surface area contributed by atoms with Crippen LogP contribution < -0.4 is 5.73 Å². The number of hydrogen-bond donors (Lipinski definition) is 1. The van der Waals surface area contributed by atoms with E-state index in [0.29, 0.717) is 41.6 Å². The Morgan fingerprint density at radius 3 is 2.89 bits per heavy atom. The van der Waals surface area contributed by atoms with E-state index in [1.54, 1.807) is 23.9 Å². The maximum absolute atomic E-state index is 13.7. The molecule has 0 aliphatic heterocycles. The Labute approximate surface area is 110 Å². The molecule has 0 aliphatic carbocycles. The van der Waals surface area contributed by atoms with Gasteiger partial charge in [-0.05, 0) is 18.7 Å². The Bertz CT molecular complexity index is 533. The molecular formula is C12H14ClFN4. The molecule has 18 heavy (non-hydrogen) atoms. The van der Waals surface area contributed by atoms with E-state index in [2.05, 4.69) is 10.1 Å². The van der Waals surface area contributed by atoms with Gasteiger partial charge < -0.3 is 5.73 Å². The van der Waals surface area contributed by atoms with Crippen molar-refractivity contribution >= 4 is 11.6 Å². The molecule has 1 aromatic carbocycles. The predicted molar refractivity (Wildman–Crippen MR) is 68.0 cm³/mol. The maximum Gasteiger partial charge on any atom is 0.152 e. The van der Waals surface area contributed by atoms with Crippen LogP contribution in [0.5, 0.6) is 0 Å². The lowest BCUT2D eigenvalue weighted by Crippen LogP contribution is -2.04. The zero-order valence-corrected chi connectivity index (χ0v) is 10.8. The van der Waals surface area contributed by atoms with Crippen LogP contribution in [-0.4, -0.2) is 21.3 Å². The predicted octanol–water partition coefficient (Wildman–Crippen LogP) is 1.70. The highest BCUT2D eigenvalue weighted by Gasteiger charge is 2.12. The monoisotopic (exact) mass is 268 g/mol. The summed E-state index contributed by atoms with van der Waals surface area (Å²) in [6, 6.07) is 4.63. The summed E-state index contributed by atoms with van der Waals surface area (Å²) in [5.41, 5.74) is 5.89. The first-order chi connectivity index (χ1) is 8.61. The van der Waals surface area contributed by atoms with Gasteiger partial charge in [0, 0.05) is 30.5 Å². The highest BCUT2D eigenvalue weighted by Crippen LogP contribution is 2.21. The van der Waals surface area contributed by atoms with Gasteiger partial charge in [0.2, 0.25) is 0 Å². The summed E-state index contributed by atoms with van der Waals surface area (Å²) in [5, 5.41) is 4.62. The fourth-order valence-electron chi connectivity index (χ4n) is 1.72. The van der Waals surface area contributed by atoms with Gasteiger partial charge in [0.15, 0.2) is 5.82 Å². The largest absolute Gasteiger partial charge is 0.330 e. The quantitative estimate of drug-likeness (QED) is 0.918. The molecule has 0 saturated heterocycles. The first-order valence-electron chi connectivity index (χ1n) is 5.63. The minimum atomic E-state index is -0.328. The molecular weight excluding hydrogens is 255 g/mol. The highest BCUT2D eigenvalue weighted by atomic mass is 35.5. The number of hydrogen-bond acceptors (Lipinski definition) is 3. The van der Waals surface area contributed by atoms with E-state index in [0.717, 1.165) is 0 Å². The fourth-order valence-corrected chi connectivity index (χ4v) is 1.95. The van der Waals surface area contributed by atoms with Crippen molar-refractivity contribution in [3.8, 4) is 0 Å². The van der Waals surface area contributed by atoms with Crippen molar-refractivity contribution in [1.82, 2.24) is 14.8 Å². The van der Waals surface area contributed by atoms with Crippen LogP contribution in [0.4, 0.5) is 4.39 Å². The van der Waals surface area contributed by atoms with Crippen molar-refractivity contribution in [3.63, 3.8) is 0 Å². The molecule has 6 heteroatoms. The summed E-state index contributed by atoms with van der Waals surface area (Å²) < 4.78 is 15.3. The smallest absolute Gasteiger partial charge is 0.152 e. The summed E-state index contributed by atoms with van der Waals surface area (Å²) in [6.45, 7) is 0.490. The van der Waals surface area contributed by atoms with Gasteiger partial charge in [-0.1, -0.05) is 17.7 Å². The Balaban J connectivity index is 2.28. The van der Waals surface area contributed by atoms with Crippen LogP contribution in [0, 0.1) is 5.82 Å². The molecule has 0 saturated carbocycles. The first kappa shape index (κ1) is 13.0. The van der Waals surface area contributed by atoms with Gasteiger partial charge >= 0.3 is 0 Å². The van der Waals surface area contributed by atoms with Crippen LogP contribution in [0.15, 0.2) is 18.2 Å². The zero-order chi connectivity index (χ0) is 13.1. The number of aromatic nitrogens is 3. The van der Waals surface area contributed by atoms with Crippen LogP contribution >= 0.6 is 11.6 Å². The normalized spacial score (nSPS) is 10.9. The summed E-state index contributed by atoms with van der Waals surface area (Å²) in [6.07, 6.45) is 0.929. The van der Waals surface area contributed by atoms with Crippen molar-refractivity contribution in [2.45, 2.75) is 12.8 Å². The van der Waals surface area contributed by atoms with Crippen molar-refractivity contribution in [1.29, 1.82) is 0 Å². The fraction of sp³-hybridized carbons (Fsp3) is 0.333. The SMILES string of the molecule is Cn1nc(CCN)nc1Cc1c(F)cccc1Cl. The van der Waals surface area contributed by atoms with Gasteiger partial charge in [-0.15, -0.1) is 0 Å². The number of aryl methyl sites for hydroxylation is 1.